The van der Waals surface area contributed by atoms with E-state index in [1.165, 1.54) is 11.3 Å². The highest BCUT2D eigenvalue weighted by Crippen LogP contribution is 2.38. The van der Waals surface area contributed by atoms with Gasteiger partial charge in [0, 0.05) is 27.5 Å². The lowest BCUT2D eigenvalue weighted by atomic mass is 10.1. The maximum atomic E-state index is 12.8. The number of imidazole rings is 1. The van der Waals surface area contributed by atoms with E-state index in [0.717, 1.165) is 21.5 Å². The number of aromatic amines is 1. The molecule has 0 spiro atoms. The number of esters is 1. The Morgan fingerprint density at radius 3 is 2.73 bits per heavy atom. The summed E-state index contributed by atoms with van der Waals surface area (Å²) in [6, 6.07) is 14.7. The number of carbonyl (C=O) groups excluding carboxylic acids is 2. The first-order valence-corrected chi connectivity index (χ1v) is 10.3. The highest BCUT2D eigenvalue weighted by molar-refractivity contribution is 7.21. The van der Waals surface area contributed by atoms with E-state index in [1.54, 1.807) is 43.7 Å². The van der Waals surface area contributed by atoms with Crippen LogP contribution in [0, 0.1) is 0 Å². The van der Waals surface area contributed by atoms with Crippen LogP contribution in [0.4, 0.5) is 11.4 Å². The Hall–Kier alpha value is -3.65. The molecule has 0 saturated carbocycles. The highest BCUT2D eigenvalue weighted by Gasteiger charge is 2.22. The first-order valence-electron chi connectivity index (χ1n) is 9.47. The van der Waals surface area contributed by atoms with Crippen molar-refractivity contribution in [1.29, 1.82) is 0 Å². The molecule has 0 fully saturated rings. The zero-order valence-corrected chi connectivity index (χ0v) is 17.1. The fourth-order valence-corrected chi connectivity index (χ4v) is 4.06. The molecular weight excluding hydrogens is 400 g/mol. The summed E-state index contributed by atoms with van der Waals surface area (Å²) >= 11 is 1.30. The second-order valence-electron chi connectivity index (χ2n) is 6.49. The van der Waals surface area contributed by atoms with Crippen LogP contribution in [-0.4, -0.2) is 28.5 Å². The van der Waals surface area contributed by atoms with Gasteiger partial charge in [-0.05, 0) is 37.3 Å². The predicted octanol–water partition coefficient (Wildman–Crippen LogP) is 4.67. The maximum absolute atomic E-state index is 12.8. The van der Waals surface area contributed by atoms with E-state index in [0.29, 0.717) is 22.7 Å². The molecule has 4 rings (SSSR count). The fraction of sp³-hybridized carbons (Fsp3) is 0.136. The summed E-state index contributed by atoms with van der Waals surface area (Å²) in [6.07, 6.45) is 3.38. The van der Waals surface area contributed by atoms with E-state index in [1.807, 2.05) is 24.3 Å². The number of nitrogens with zero attached hydrogens (tertiary/aromatic N) is 1. The standard InChI is InChI=1S/C22H20N4O3S/c1-2-29-22(28)20-19(26-21(27)14-6-4-3-5-7-14)17-10-15(8-9-18(17)30-20)24-12-16-11-23-13-25-16/h3-11,13,24H,2,12H2,1H3,(H,23,25)(H,26,27). The molecule has 4 aromatic rings. The summed E-state index contributed by atoms with van der Waals surface area (Å²) in [4.78, 5) is 32.7. The third kappa shape index (κ3) is 4.18. The van der Waals surface area contributed by atoms with Gasteiger partial charge in [0.15, 0.2) is 0 Å². The average molecular weight is 420 g/mol. The zero-order valence-electron chi connectivity index (χ0n) is 16.3. The molecule has 0 aliphatic heterocycles. The van der Waals surface area contributed by atoms with Gasteiger partial charge < -0.3 is 20.4 Å². The number of fused-ring (bicyclic) bond motifs is 1. The highest BCUT2D eigenvalue weighted by atomic mass is 32.1. The monoisotopic (exact) mass is 420 g/mol. The first kappa shape index (κ1) is 19.7. The minimum atomic E-state index is -0.450. The van der Waals surface area contributed by atoms with Crippen molar-refractivity contribution in [3.05, 3.63) is 77.2 Å². The summed E-state index contributed by atoms with van der Waals surface area (Å²) in [5.41, 5.74) is 2.79. The fourth-order valence-electron chi connectivity index (χ4n) is 3.03. The van der Waals surface area contributed by atoms with Gasteiger partial charge in [0.05, 0.1) is 30.9 Å². The molecule has 7 nitrogen and oxygen atoms in total. The van der Waals surface area contributed by atoms with Crippen LogP contribution in [0.3, 0.4) is 0 Å². The van der Waals surface area contributed by atoms with Gasteiger partial charge in [-0.25, -0.2) is 9.78 Å². The van der Waals surface area contributed by atoms with Crippen molar-refractivity contribution in [3.8, 4) is 0 Å². The van der Waals surface area contributed by atoms with Crippen LogP contribution < -0.4 is 10.6 Å². The molecule has 2 aromatic heterocycles. The van der Waals surface area contributed by atoms with E-state index in [9.17, 15) is 9.59 Å². The molecule has 0 unspecified atom stereocenters. The van der Waals surface area contributed by atoms with E-state index < -0.39 is 5.97 Å². The first-order chi connectivity index (χ1) is 14.7. The second kappa shape index (κ2) is 8.79. The largest absolute Gasteiger partial charge is 0.462 e. The van der Waals surface area contributed by atoms with Crippen molar-refractivity contribution in [3.63, 3.8) is 0 Å². The lowest BCUT2D eigenvalue weighted by Crippen LogP contribution is -2.14. The molecule has 0 aliphatic carbocycles. The Morgan fingerprint density at radius 1 is 1.17 bits per heavy atom. The van der Waals surface area contributed by atoms with Gasteiger partial charge in [0.1, 0.15) is 4.88 Å². The van der Waals surface area contributed by atoms with E-state index in [4.69, 9.17) is 4.74 Å². The molecule has 2 aromatic carbocycles. The van der Waals surface area contributed by atoms with Crippen LogP contribution in [0.15, 0.2) is 61.1 Å². The summed E-state index contributed by atoms with van der Waals surface area (Å²) < 4.78 is 6.09. The van der Waals surface area contributed by atoms with E-state index in [2.05, 4.69) is 20.6 Å². The molecule has 152 valence electrons. The summed E-state index contributed by atoms with van der Waals surface area (Å²) in [5.74, 6) is -0.731. The molecule has 2 heterocycles. The average Bonchev–Trinajstić information content (AvgIpc) is 3.41. The number of thiophene rings is 1. The second-order valence-corrected chi connectivity index (χ2v) is 7.54. The number of hydrogen-bond acceptors (Lipinski definition) is 6. The third-order valence-corrected chi connectivity index (χ3v) is 5.61. The molecule has 30 heavy (non-hydrogen) atoms. The Kier molecular flexibility index (Phi) is 5.76. The van der Waals surface area contributed by atoms with Crippen molar-refractivity contribution < 1.29 is 14.3 Å². The zero-order chi connectivity index (χ0) is 20.9. The number of anilines is 2. The Labute approximate surface area is 177 Å². The SMILES string of the molecule is CCOC(=O)c1sc2ccc(NCc3cnc[nH]3)cc2c1NC(=O)c1ccccc1. The molecule has 0 bridgehead atoms. The molecule has 0 saturated heterocycles. The number of aromatic nitrogens is 2. The van der Waals surface area contributed by atoms with Crippen LogP contribution in [0.25, 0.3) is 10.1 Å². The molecular formula is C22H20N4O3S. The summed E-state index contributed by atoms with van der Waals surface area (Å²) in [6.45, 7) is 2.59. The van der Waals surface area contributed by atoms with Crippen LogP contribution in [0.2, 0.25) is 0 Å². The predicted molar refractivity (Wildman–Crippen MR) is 118 cm³/mol. The molecule has 1 amide bonds. The minimum absolute atomic E-state index is 0.260. The maximum Gasteiger partial charge on any atom is 0.350 e. The number of nitrogens with one attached hydrogen (secondary N) is 3. The van der Waals surface area contributed by atoms with Gasteiger partial charge in [0.2, 0.25) is 0 Å². The van der Waals surface area contributed by atoms with Crippen LogP contribution in [-0.2, 0) is 11.3 Å². The number of H-pyrrole nitrogens is 1. The van der Waals surface area contributed by atoms with Crippen molar-refractivity contribution in [1.82, 2.24) is 9.97 Å². The van der Waals surface area contributed by atoms with Crippen LogP contribution in [0.5, 0.6) is 0 Å². The molecule has 8 heteroatoms. The van der Waals surface area contributed by atoms with Gasteiger partial charge in [0.25, 0.3) is 5.91 Å². The Bertz CT molecular complexity index is 1170. The number of ether oxygens (including phenoxy) is 1. The molecule has 0 atom stereocenters. The number of carbonyl (C=O) groups is 2. The third-order valence-electron chi connectivity index (χ3n) is 4.46. The summed E-state index contributed by atoms with van der Waals surface area (Å²) in [7, 11) is 0. The number of amides is 1. The van der Waals surface area contributed by atoms with Gasteiger partial charge >= 0.3 is 5.97 Å². The number of hydrogen-bond donors (Lipinski definition) is 3. The van der Waals surface area contributed by atoms with Crippen LogP contribution in [0.1, 0.15) is 32.6 Å². The van der Waals surface area contributed by atoms with E-state index >= 15 is 0 Å². The Morgan fingerprint density at radius 2 is 2.00 bits per heavy atom. The van der Waals surface area contributed by atoms with E-state index in [-0.39, 0.29) is 12.5 Å². The smallest absolute Gasteiger partial charge is 0.350 e. The van der Waals surface area contributed by atoms with Crippen molar-refractivity contribution in [2.45, 2.75) is 13.5 Å². The minimum Gasteiger partial charge on any atom is -0.462 e. The molecule has 3 N–H and O–H groups in total. The van der Waals surface area contributed by atoms with Crippen LogP contribution >= 0.6 is 11.3 Å². The lowest BCUT2D eigenvalue weighted by Gasteiger charge is -2.09. The van der Waals surface area contributed by atoms with Gasteiger partial charge in [-0.2, -0.15) is 0 Å². The molecule has 0 radical (unpaired) electrons. The van der Waals surface area contributed by atoms with Gasteiger partial charge in [-0.3, -0.25) is 4.79 Å². The normalized spacial score (nSPS) is 10.7. The molecule has 0 aliphatic rings. The van der Waals surface area contributed by atoms with Gasteiger partial charge in [-0.1, -0.05) is 18.2 Å². The summed E-state index contributed by atoms with van der Waals surface area (Å²) in [5, 5.41) is 7.01. The quantitative estimate of drug-likeness (QED) is 0.378. The van der Waals surface area contributed by atoms with Crippen molar-refractivity contribution in [2.75, 3.05) is 17.2 Å². The van der Waals surface area contributed by atoms with Gasteiger partial charge in [-0.15, -0.1) is 11.3 Å². The Balaban J connectivity index is 1.69. The number of benzene rings is 2. The number of rotatable bonds is 7. The lowest BCUT2D eigenvalue weighted by molar-refractivity contribution is 0.0533. The van der Waals surface area contributed by atoms with Crippen molar-refractivity contribution >= 4 is 44.7 Å². The topological polar surface area (TPSA) is 96.1 Å². The van der Waals surface area contributed by atoms with Crippen molar-refractivity contribution in [2.24, 2.45) is 0 Å².